The second-order valence-corrected chi connectivity index (χ2v) is 8.45. The third-order valence-corrected chi connectivity index (χ3v) is 5.96. The van der Waals surface area contributed by atoms with Crippen LogP contribution in [0, 0.1) is 5.92 Å². The number of hydrogen-bond acceptors (Lipinski definition) is 6. The van der Waals surface area contributed by atoms with Crippen molar-refractivity contribution in [3.8, 4) is 5.75 Å². The predicted octanol–water partition coefficient (Wildman–Crippen LogP) is 4.16. The number of aromatic nitrogens is 2. The van der Waals surface area contributed by atoms with E-state index in [0.29, 0.717) is 23.0 Å². The number of piperidine rings is 1. The molecule has 8 nitrogen and oxygen atoms in total. The molecule has 2 heterocycles. The van der Waals surface area contributed by atoms with Gasteiger partial charge in [0.2, 0.25) is 5.91 Å². The second-order valence-electron chi connectivity index (χ2n) is 8.45. The number of carbonyl (C=O) groups excluding carboxylic acids is 2. The Balaban J connectivity index is 1.35. The number of anilines is 3. The van der Waals surface area contributed by atoms with Crippen LogP contribution in [0.1, 0.15) is 35.8 Å². The van der Waals surface area contributed by atoms with Gasteiger partial charge in [-0.05, 0) is 61.1 Å². The molecular weight excluding hydrogens is 430 g/mol. The van der Waals surface area contributed by atoms with Crippen molar-refractivity contribution in [1.82, 2.24) is 10.2 Å². The number of rotatable bonds is 7. The van der Waals surface area contributed by atoms with Gasteiger partial charge in [-0.25, -0.2) is 0 Å². The van der Waals surface area contributed by atoms with E-state index in [0.717, 1.165) is 38.2 Å². The summed E-state index contributed by atoms with van der Waals surface area (Å²) in [6.07, 6.45) is 3.30. The van der Waals surface area contributed by atoms with Crippen LogP contribution in [-0.4, -0.2) is 42.2 Å². The Morgan fingerprint density at radius 2 is 1.76 bits per heavy atom. The van der Waals surface area contributed by atoms with E-state index in [1.54, 1.807) is 24.3 Å². The van der Waals surface area contributed by atoms with Crippen molar-refractivity contribution in [2.75, 3.05) is 35.7 Å². The van der Waals surface area contributed by atoms with Gasteiger partial charge in [-0.3, -0.25) is 9.59 Å². The van der Waals surface area contributed by atoms with Crippen LogP contribution in [0.25, 0.3) is 0 Å². The van der Waals surface area contributed by atoms with Gasteiger partial charge in [-0.1, -0.05) is 30.3 Å². The van der Waals surface area contributed by atoms with Gasteiger partial charge in [0.05, 0.1) is 12.8 Å². The summed E-state index contributed by atoms with van der Waals surface area (Å²) in [7, 11) is 1.51. The highest BCUT2D eigenvalue weighted by Crippen LogP contribution is 2.28. The molecular formula is C26H29N5O3. The average molecular weight is 460 g/mol. The maximum atomic E-state index is 12.7. The van der Waals surface area contributed by atoms with Crippen LogP contribution in [0.5, 0.6) is 5.75 Å². The summed E-state index contributed by atoms with van der Waals surface area (Å²) in [4.78, 5) is 26.3. The lowest BCUT2D eigenvalue weighted by Gasteiger charge is -2.32. The zero-order chi connectivity index (χ0) is 23.9. The molecule has 0 atom stereocenters. The van der Waals surface area contributed by atoms with Crippen molar-refractivity contribution >= 4 is 29.0 Å². The van der Waals surface area contributed by atoms with Crippen LogP contribution in [0.3, 0.4) is 0 Å². The fourth-order valence-corrected chi connectivity index (χ4v) is 4.20. The van der Waals surface area contributed by atoms with Crippen molar-refractivity contribution in [2.24, 2.45) is 5.92 Å². The molecule has 0 bridgehead atoms. The van der Waals surface area contributed by atoms with Gasteiger partial charge >= 0.3 is 0 Å². The van der Waals surface area contributed by atoms with Gasteiger partial charge < -0.3 is 20.3 Å². The van der Waals surface area contributed by atoms with Crippen LogP contribution in [0.15, 0.2) is 60.7 Å². The number of carbonyl (C=O) groups is 2. The summed E-state index contributed by atoms with van der Waals surface area (Å²) >= 11 is 0. The van der Waals surface area contributed by atoms with Crippen LogP contribution < -0.4 is 20.3 Å². The monoisotopic (exact) mass is 459 g/mol. The minimum Gasteiger partial charge on any atom is -0.495 e. The van der Waals surface area contributed by atoms with E-state index in [1.807, 2.05) is 12.1 Å². The molecule has 0 saturated carbocycles. The molecule has 176 valence electrons. The zero-order valence-electron chi connectivity index (χ0n) is 19.5. The lowest BCUT2D eigenvalue weighted by molar-refractivity contribution is -0.114. The molecule has 1 aliphatic heterocycles. The molecule has 4 rings (SSSR count). The molecule has 0 aliphatic carbocycles. The van der Waals surface area contributed by atoms with Gasteiger partial charge in [0.15, 0.2) is 11.5 Å². The van der Waals surface area contributed by atoms with Gasteiger partial charge in [0.25, 0.3) is 5.91 Å². The summed E-state index contributed by atoms with van der Waals surface area (Å²) in [5.74, 6) is 1.32. The number of hydrogen-bond donors (Lipinski definition) is 2. The van der Waals surface area contributed by atoms with Crippen molar-refractivity contribution in [2.45, 2.75) is 26.2 Å². The average Bonchev–Trinajstić information content (AvgIpc) is 2.85. The Morgan fingerprint density at radius 3 is 2.41 bits per heavy atom. The molecule has 3 aromatic rings. The molecule has 1 saturated heterocycles. The third-order valence-electron chi connectivity index (χ3n) is 5.96. The molecule has 1 aromatic heterocycles. The van der Waals surface area contributed by atoms with E-state index < -0.39 is 5.91 Å². The maximum Gasteiger partial charge on any atom is 0.276 e. The molecule has 2 amide bonds. The molecule has 34 heavy (non-hydrogen) atoms. The number of ether oxygens (including phenoxy) is 1. The summed E-state index contributed by atoms with van der Waals surface area (Å²) in [5, 5.41) is 13.9. The summed E-state index contributed by atoms with van der Waals surface area (Å²) < 4.78 is 5.32. The highest BCUT2D eigenvalue weighted by Gasteiger charge is 2.21. The maximum absolute atomic E-state index is 12.7. The van der Waals surface area contributed by atoms with Gasteiger partial charge in [0.1, 0.15) is 5.75 Å². The largest absolute Gasteiger partial charge is 0.495 e. The molecule has 0 spiro atoms. The molecule has 8 heteroatoms. The lowest BCUT2D eigenvalue weighted by atomic mass is 9.90. The SMILES string of the molecule is COc1ccc(NC(C)=O)cc1NC(=O)c1ccc(N2CCC(Cc3ccccc3)CC2)nn1. The van der Waals surface area contributed by atoms with Crippen molar-refractivity contribution in [3.05, 3.63) is 71.9 Å². The quantitative estimate of drug-likeness (QED) is 0.551. The van der Waals surface area contributed by atoms with Gasteiger partial charge in [0, 0.05) is 25.7 Å². The van der Waals surface area contributed by atoms with E-state index >= 15 is 0 Å². The summed E-state index contributed by atoms with van der Waals surface area (Å²) in [6, 6.07) is 19.1. The standard InChI is InChI=1S/C26H29N5O3/c1-18(32)27-21-8-10-24(34-2)23(17-21)28-26(33)22-9-11-25(30-29-22)31-14-12-20(13-15-31)16-19-6-4-3-5-7-19/h3-11,17,20H,12-16H2,1-2H3,(H,27,32)(H,28,33). The van der Waals surface area contributed by atoms with Gasteiger partial charge in [-0.2, -0.15) is 0 Å². The van der Waals surface area contributed by atoms with E-state index in [4.69, 9.17) is 4.74 Å². The molecule has 0 unspecified atom stereocenters. The van der Waals surface area contributed by atoms with E-state index in [2.05, 4.69) is 50.0 Å². The first kappa shape index (κ1) is 23.2. The molecule has 2 aromatic carbocycles. The molecule has 0 radical (unpaired) electrons. The Morgan fingerprint density at radius 1 is 1.00 bits per heavy atom. The number of amides is 2. The summed E-state index contributed by atoms with van der Waals surface area (Å²) in [6.45, 7) is 3.27. The molecule has 2 N–H and O–H groups in total. The number of nitrogens with zero attached hydrogens (tertiary/aromatic N) is 3. The Bertz CT molecular complexity index is 1130. The molecule has 1 fully saturated rings. The first-order valence-electron chi connectivity index (χ1n) is 11.4. The fraction of sp³-hybridized carbons (Fsp3) is 0.308. The van der Waals surface area contributed by atoms with Crippen molar-refractivity contribution in [1.29, 1.82) is 0 Å². The van der Waals surface area contributed by atoms with E-state index in [9.17, 15) is 9.59 Å². The fourth-order valence-electron chi connectivity index (χ4n) is 4.20. The number of benzene rings is 2. The number of methoxy groups -OCH3 is 1. The highest BCUT2D eigenvalue weighted by atomic mass is 16.5. The predicted molar refractivity (Wildman–Crippen MR) is 132 cm³/mol. The van der Waals surface area contributed by atoms with Crippen molar-refractivity contribution in [3.63, 3.8) is 0 Å². The first-order valence-corrected chi connectivity index (χ1v) is 11.4. The topological polar surface area (TPSA) is 96.5 Å². The van der Waals surface area contributed by atoms with Crippen LogP contribution in [0.2, 0.25) is 0 Å². The Hall–Kier alpha value is -3.94. The second kappa shape index (κ2) is 10.8. The van der Waals surface area contributed by atoms with Crippen LogP contribution in [0.4, 0.5) is 17.2 Å². The minimum atomic E-state index is -0.404. The van der Waals surface area contributed by atoms with Crippen molar-refractivity contribution < 1.29 is 14.3 Å². The Labute approximate surface area is 199 Å². The summed E-state index contributed by atoms with van der Waals surface area (Å²) in [5.41, 5.74) is 2.58. The zero-order valence-corrected chi connectivity index (χ0v) is 19.5. The minimum absolute atomic E-state index is 0.201. The highest BCUT2D eigenvalue weighted by molar-refractivity contribution is 6.04. The Kier molecular flexibility index (Phi) is 7.37. The van der Waals surface area contributed by atoms with Gasteiger partial charge in [-0.15, -0.1) is 10.2 Å². The lowest BCUT2D eigenvalue weighted by Crippen LogP contribution is -2.35. The van der Waals surface area contributed by atoms with E-state index in [1.165, 1.54) is 19.6 Å². The van der Waals surface area contributed by atoms with Crippen LogP contribution in [-0.2, 0) is 11.2 Å². The third kappa shape index (κ3) is 5.89. The normalized spacial score (nSPS) is 13.9. The first-order chi connectivity index (χ1) is 16.5. The van der Waals surface area contributed by atoms with E-state index in [-0.39, 0.29) is 11.6 Å². The smallest absolute Gasteiger partial charge is 0.276 e. The van der Waals surface area contributed by atoms with Crippen LogP contribution >= 0.6 is 0 Å². The number of nitrogens with one attached hydrogen (secondary N) is 2. The molecule has 1 aliphatic rings.